The molecule has 0 bridgehead atoms. The fraction of sp³-hybridized carbons (Fsp3) is 0.143. The van der Waals surface area contributed by atoms with Crippen LogP contribution < -0.4 is 25.8 Å². The number of hydrogen-bond donors (Lipinski definition) is 2. The highest BCUT2D eigenvalue weighted by Gasteiger charge is 2.21. The van der Waals surface area contributed by atoms with E-state index in [-0.39, 0.29) is 17.3 Å². The summed E-state index contributed by atoms with van der Waals surface area (Å²) in [5.74, 6) is -1.78. The molecule has 4 aromatic rings. The number of aromatic nitrogens is 2. The molecule has 40 heavy (non-hydrogen) atoms. The molecule has 0 aliphatic rings. The highest BCUT2D eigenvalue weighted by molar-refractivity contribution is 6.39. The Kier molecular flexibility index (Phi) is 8.65. The van der Waals surface area contributed by atoms with Gasteiger partial charge in [-0.1, -0.05) is 35.9 Å². The standard InChI is InChI=1S/C28H25ClFN5O5/c1-17-25(28(38)35(34(17)2)21-7-5-4-6-8-21)32-26(36)27(37)33-31-15-18-9-12-23(24(13-18)39-3)40-16-19-10-11-20(30)14-22(19)29/h4-15H,16H2,1-3H3,(H,32,36)(H,33,37)/b31-15+. The number of ether oxygens (including phenoxy) is 2. The molecule has 0 radical (unpaired) electrons. The number of hydrazone groups is 1. The van der Waals surface area contributed by atoms with E-state index >= 15 is 0 Å². The summed E-state index contributed by atoms with van der Waals surface area (Å²) in [5.41, 5.74) is 3.85. The van der Waals surface area contributed by atoms with Crippen LogP contribution >= 0.6 is 11.6 Å². The maximum atomic E-state index is 13.3. The van der Waals surface area contributed by atoms with Gasteiger partial charge in [-0.2, -0.15) is 5.10 Å². The minimum atomic E-state index is -1.06. The van der Waals surface area contributed by atoms with E-state index in [1.165, 1.54) is 36.2 Å². The molecular formula is C28H25ClFN5O5. The molecule has 0 spiro atoms. The zero-order valence-electron chi connectivity index (χ0n) is 21.8. The molecule has 0 aliphatic carbocycles. The van der Waals surface area contributed by atoms with Gasteiger partial charge in [0.2, 0.25) is 0 Å². The van der Waals surface area contributed by atoms with Crippen molar-refractivity contribution in [1.29, 1.82) is 0 Å². The van der Waals surface area contributed by atoms with E-state index in [0.717, 1.165) is 0 Å². The van der Waals surface area contributed by atoms with Crippen LogP contribution in [0.1, 0.15) is 16.8 Å². The van der Waals surface area contributed by atoms with Crippen LogP contribution in [-0.2, 0) is 23.2 Å². The van der Waals surface area contributed by atoms with Gasteiger partial charge in [-0.25, -0.2) is 14.5 Å². The van der Waals surface area contributed by atoms with Crippen LogP contribution in [0, 0.1) is 12.7 Å². The molecule has 3 aromatic carbocycles. The third kappa shape index (κ3) is 6.21. The summed E-state index contributed by atoms with van der Waals surface area (Å²) < 4.78 is 27.3. The number of benzene rings is 3. The number of anilines is 1. The number of hydrogen-bond acceptors (Lipinski definition) is 6. The van der Waals surface area contributed by atoms with Crippen molar-refractivity contribution in [3.05, 3.63) is 105 Å². The van der Waals surface area contributed by atoms with Gasteiger partial charge in [-0.3, -0.25) is 19.1 Å². The molecule has 0 unspecified atom stereocenters. The molecule has 0 aliphatic heterocycles. The van der Waals surface area contributed by atoms with E-state index in [4.69, 9.17) is 21.1 Å². The van der Waals surface area contributed by atoms with Crippen molar-refractivity contribution < 1.29 is 23.5 Å². The number of halogens is 2. The van der Waals surface area contributed by atoms with Crippen molar-refractivity contribution >= 4 is 35.3 Å². The first-order valence-electron chi connectivity index (χ1n) is 11.9. The molecule has 10 nitrogen and oxygen atoms in total. The third-order valence-electron chi connectivity index (χ3n) is 5.96. The van der Waals surface area contributed by atoms with Gasteiger partial charge in [0.1, 0.15) is 18.1 Å². The average molecular weight is 566 g/mol. The summed E-state index contributed by atoms with van der Waals surface area (Å²) >= 11 is 6.04. The number of methoxy groups -OCH3 is 1. The van der Waals surface area contributed by atoms with Gasteiger partial charge >= 0.3 is 11.8 Å². The summed E-state index contributed by atoms with van der Waals surface area (Å²) in [6.07, 6.45) is 1.31. The summed E-state index contributed by atoms with van der Waals surface area (Å²) in [7, 11) is 3.13. The van der Waals surface area contributed by atoms with Crippen LogP contribution in [0.2, 0.25) is 5.02 Å². The minimum absolute atomic E-state index is 0.0160. The lowest BCUT2D eigenvalue weighted by Crippen LogP contribution is -2.34. The van der Waals surface area contributed by atoms with Crippen LogP contribution in [0.5, 0.6) is 11.5 Å². The van der Waals surface area contributed by atoms with E-state index in [0.29, 0.717) is 34.0 Å². The number of para-hydroxylation sites is 1. The first-order valence-corrected chi connectivity index (χ1v) is 12.3. The molecule has 0 saturated carbocycles. The second-order valence-electron chi connectivity index (χ2n) is 8.52. The fourth-order valence-corrected chi connectivity index (χ4v) is 4.00. The molecule has 2 N–H and O–H groups in total. The second kappa shape index (κ2) is 12.3. The van der Waals surface area contributed by atoms with Crippen molar-refractivity contribution in [1.82, 2.24) is 14.8 Å². The third-order valence-corrected chi connectivity index (χ3v) is 6.32. The highest BCUT2D eigenvalue weighted by Crippen LogP contribution is 2.29. The van der Waals surface area contributed by atoms with Gasteiger partial charge in [-0.15, -0.1) is 0 Å². The van der Waals surface area contributed by atoms with Crippen LogP contribution in [-0.4, -0.2) is 34.5 Å². The molecule has 0 saturated heterocycles. The Morgan fingerprint density at radius 1 is 1.05 bits per heavy atom. The van der Waals surface area contributed by atoms with Crippen LogP contribution in [0.15, 0.2) is 76.6 Å². The van der Waals surface area contributed by atoms with E-state index < -0.39 is 23.2 Å². The van der Waals surface area contributed by atoms with E-state index in [9.17, 15) is 18.8 Å². The Bertz CT molecular complexity index is 1650. The smallest absolute Gasteiger partial charge is 0.329 e. The number of rotatable bonds is 8. The topological polar surface area (TPSA) is 116 Å². The fourth-order valence-electron chi connectivity index (χ4n) is 3.78. The lowest BCUT2D eigenvalue weighted by molar-refractivity contribution is -0.136. The second-order valence-corrected chi connectivity index (χ2v) is 8.93. The lowest BCUT2D eigenvalue weighted by atomic mass is 10.2. The average Bonchev–Trinajstić information content (AvgIpc) is 3.16. The van der Waals surface area contributed by atoms with Crippen LogP contribution in [0.25, 0.3) is 5.69 Å². The normalized spacial score (nSPS) is 10.9. The molecule has 0 atom stereocenters. The number of carbonyl (C=O) groups excluding carboxylic acids is 2. The zero-order chi connectivity index (χ0) is 28.8. The predicted octanol–water partition coefficient (Wildman–Crippen LogP) is 3.95. The zero-order valence-corrected chi connectivity index (χ0v) is 22.5. The van der Waals surface area contributed by atoms with Gasteiger partial charge in [0.25, 0.3) is 5.56 Å². The summed E-state index contributed by atoms with van der Waals surface area (Å²) in [6.45, 7) is 1.74. The Balaban J connectivity index is 1.39. The molecule has 206 valence electrons. The lowest BCUT2D eigenvalue weighted by Gasteiger charge is -2.12. The summed E-state index contributed by atoms with van der Waals surface area (Å²) in [6, 6.07) is 17.8. The molecule has 12 heteroatoms. The van der Waals surface area contributed by atoms with Crippen molar-refractivity contribution in [2.75, 3.05) is 12.4 Å². The molecular weight excluding hydrogens is 541 g/mol. The van der Waals surface area contributed by atoms with Gasteiger partial charge in [0, 0.05) is 12.6 Å². The first-order chi connectivity index (χ1) is 19.2. The number of amides is 2. The number of nitrogens with one attached hydrogen (secondary N) is 2. The maximum absolute atomic E-state index is 13.3. The first kappa shape index (κ1) is 28.1. The number of carbonyl (C=O) groups is 2. The van der Waals surface area contributed by atoms with Gasteiger partial charge < -0.3 is 14.8 Å². The minimum Gasteiger partial charge on any atom is -0.493 e. The molecule has 1 aromatic heterocycles. The Morgan fingerprint density at radius 3 is 2.50 bits per heavy atom. The quantitative estimate of drug-likeness (QED) is 0.191. The largest absolute Gasteiger partial charge is 0.493 e. The monoisotopic (exact) mass is 565 g/mol. The summed E-state index contributed by atoms with van der Waals surface area (Å²) in [4.78, 5) is 37.7. The number of nitrogens with zero attached hydrogens (tertiary/aromatic N) is 3. The van der Waals surface area contributed by atoms with Crippen LogP contribution in [0.4, 0.5) is 10.1 Å². The Labute approximate surface area is 233 Å². The van der Waals surface area contributed by atoms with Crippen molar-refractivity contribution in [2.24, 2.45) is 12.1 Å². The summed E-state index contributed by atoms with van der Waals surface area (Å²) in [5, 5.41) is 6.43. The van der Waals surface area contributed by atoms with Crippen molar-refractivity contribution in [3.8, 4) is 17.2 Å². The van der Waals surface area contributed by atoms with Gasteiger partial charge in [0.05, 0.1) is 29.7 Å². The van der Waals surface area contributed by atoms with Crippen LogP contribution in [0.3, 0.4) is 0 Å². The van der Waals surface area contributed by atoms with Crippen molar-refractivity contribution in [2.45, 2.75) is 13.5 Å². The maximum Gasteiger partial charge on any atom is 0.329 e. The Hall–Kier alpha value is -4.90. The molecule has 2 amide bonds. The van der Waals surface area contributed by atoms with E-state index in [1.54, 1.807) is 61.1 Å². The SMILES string of the molecule is COc1cc(/C=N/NC(=O)C(=O)Nc2c(C)n(C)n(-c3ccccc3)c2=O)ccc1OCc1ccc(F)cc1Cl. The molecule has 1 heterocycles. The highest BCUT2D eigenvalue weighted by atomic mass is 35.5. The molecule has 4 rings (SSSR count). The predicted molar refractivity (Wildman–Crippen MR) is 149 cm³/mol. The Morgan fingerprint density at radius 2 is 1.80 bits per heavy atom. The van der Waals surface area contributed by atoms with Gasteiger partial charge in [-0.05, 0) is 55.0 Å². The molecule has 0 fully saturated rings. The van der Waals surface area contributed by atoms with Gasteiger partial charge in [0.15, 0.2) is 11.5 Å². The van der Waals surface area contributed by atoms with E-state index in [2.05, 4.69) is 15.8 Å². The van der Waals surface area contributed by atoms with Crippen molar-refractivity contribution in [3.63, 3.8) is 0 Å². The van der Waals surface area contributed by atoms with E-state index in [1.807, 2.05) is 6.07 Å².